The van der Waals surface area contributed by atoms with Gasteiger partial charge in [-0.3, -0.25) is 0 Å². The summed E-state index contributed by atoms with van der Waals surface area (Å²) in [7, 11) is 1.64. The fraction of sp³-hybridized carbons (Fsp3) is 0.625. The molecule has 2 atom stereocenters. The van der Waals surface area contributed by atoms with Gasteiger partial charge in [0, 0.05) is 31.7 Å². The lowest BCUT2D eigenvalue weighted by atomic mass is 9.96. The minimum Gasteiger partial charge on any atom is -0.493 e. The van der Waals surface area contributed by atoms with Crippen LogP contribution in [0.3, 0.4) is 0 Å². The fourth-order valence-electron chi connectivity index (χ4n) is 2.62. The summed E-state index contributed by atoms with van der Waals surface area (Å²) in [5, 5.41) is 13.8. The van der Waals surface area contributed by atoms with Crippen molar-refractivity contribution in [2.75, 3.05) is 26.9 Å². The van der Waals surface area contributed by atoms with Gasteiger partial charge in [-0.15, -0.1) is 0 Å². The number of nitrogens with one attached hydrogen (secondary N) is 1. The van der Waals surface area contributed by atoms with Crippen molar-refractivity contribution in [1.82, 2.24) is 5.32 Å². The summed E-state index contributed by atoms with van der Waals surface area (Å²) < 4.78 is 16.4. The molecule has 0 aromatic heterocycles. The van der Waals surface area contributed by atoms with Crippen molar-refractivity contribution in [3.05, 3.63) is 23.8 Å². The second-order valence-electron chi connectivity index (χ2n) is 5.35. The maximum absolute atomic E-state index is 10.5. The van der Waals surface area contributed by atoms with Crippen LogP contribution in [0.15, 0.2) is 18.2 Å². The predicted octanol–water partition coefficient (Wildman–Crippen LogP) is 1.72. The van der Waals surface area contributed by atoms with Crippen molar-refractivity contribution < 1.29 is 19.3 Å². The minimum absolute atomic E-state index is 0.137. The Kier molecular flexibility index (Phi) is 5.45. The number of aliphatic hydroxyl groups is 1. The molecule has 0 bridgehead atoms. The summed E-state index contributed by atoms with van der Waals surface area (Å²) >= 11 is 0. The molecule has 2 N–H and O–H groups in total. The van der Waals surface area contributed by atoms with Crippen molar-refractivity contribution in [2.24, 2.45) is 0 Å². The molecule has 1 saturated heterocycles. The molecule has 0 amide bonds. The van der Waals surface area contributed by atoms with Crippen LogP contribution in [0.25, 0.3) is 0 Å². The molecule has 0 spiro atoms. The SMILES string of the molecule is CCOc1cccc(CNCC2(O)CCOC2C)c1OC. The van der Waals surface area contributed by atoms with Crippen LogP contribution < -0.4 is 14.8 Å². The van der Waals surface area contributed by atoms with Crippen molar-refractivity contribution in [1.29, 1.82) is 0 Å². The van der Waals surface area contributed by atoms with Crippen LogP contribution >= 0.6 is 0 Å². The monoisotopic (exact) mass is 295 g/mol. The molecule has 2 rings (SSSR count). The second kappa shape index (κ2) is 7.11. The number of benzene rings is 1. The average Bonchev–Trinajstić information content (AvgIpc) is 2.79. The largest absolute Gasteiger partial charge is 0.493 e. The van der Waals surface area contributed by atoms with Gasteiger partial charge in [0.15, 0.2) is 11.5 Å². The number of hydrogen-bond donors (Lipinski definition) is 2. The lowest BCUT2D eigenvalue weighted by Gasteiger charge is -2.26. The van der Waals surface area contributed by atoms with Crippen molar-refractivity contribution in [3.63, 3.8) is 0 Å². The first-order valence-corrected chi connectivity index (χ1v) is 7.44. The van der Waals surface area contributed by atoms with Crippen LogP contribution in [0, 0.1) is 0 Å². The van der Waals surface area contributed by atoms with E-state index in [0.29, 0.717) is 32.7 Å². The lowest BCUT2D eigenvalue weighted by Crippen LogP contribution is -2.45. The highest BCUT2D eigenvalue weighted by atomic mass is 16.5. The molecule has 118 valence electrons. The molecule has 1 aliphatic heterocycles. The number of methoxy groups -OCH3 is 1. The Labute approximate surface area is 126 Å². The zero-order valence-corrected chi connectivity index (χ0v) is 13.0. The summed E-state index contributed by atoms with van der Waals surface area (Å²) in [5.74, 6) is 1.49. The molecule has 21 heavy (non-hydrogen) atoms. The molecule has 1 heterocycles. The molecule has 0 saturated carbocycles. The lowest BCUT2D eigenvalue weighted by molar-refractivity contribution is -0.0263. The van der Waals surface area contributed by atoms with Crippen LogP contribution in [-0.2, 0) is 11.3 Å². The third kappa shape index (κ3) is 3.67. The summed E-state index contributed by atoms with van der Waals surface area (Å²) in [5.41, 5.74) is 0.226. The third-order valence-corrected chi connectivity index (χ3v) is 3.97. The highest BCUT2D eigenvalue weighted by Crippen LogP contribution is 2.31. The molecule has 0 radical (unpaired) electrons. The summed E-state index contributed by atoms with van der Waals surface area (Å²) in [4.78, 5) is 0. The third-order valence-electron chi connectivity index (χ3n) is 3.97. The summed E-state index contributed by atoms with van der Waals surface area (Å²) in [6.07, 6.45) is 0.527. The molecule has 1 aromatic rings. The van der Waals surface area contributed by atoms with Crippen LogP contribution in [-0.4, -0.2) is 43.7 Å². The van der Waals surface area contributed by atoms with E-state index in [4.69, 9.17) is 14.2 Å². The first-order chi connectivity index (χ1) is 10.1. The van der Waals surface area contributed by atoms with Crippen LogP contribution in [0.2, 0.25) is 0 Å². The summed E-state index contributed by atoms with van der Waals surface area (Å²) in [6.45, 7) is 6.17. The van der Waals surface area contributed by atoms with Gasteiger partial charge in [0.1, 0.15) is 5.60 Å². The molecule has 1 aliphatic rings. The highest BCUT2D eigenvalue weighted by Gasteiger charge is 2.38. The van der Waals surface area contributed by atoms with E-state index in [1.165, 1.54) is 0 Å². The van der Waals surface area contributed by atoms with E-state index in [1.54, 1.807) is 7.11 Å². The van der Waals surface area contributed by atoms with Gasteiger partial charge in [-0.2, -0.15) is 0 Å². The quantitative estimate of drug-likeness (QED) is 0.802. The van der Waals surface area contributed by atoms with Gasteiger partial charge >= 0.3 is 0 Å². The number of ether oxygens (including phenoxy) is 3. The minimum atomic E-state index is -0.787. The van der Waals surface area contributed by atoms with Gasteiger partial charge in [-0.1, -0.05) is 12.1 Å². The molecule has 0 aliphatic carbocycles. The van der Waals surface area contributed by atoms with Crippen molar-refractivity contribution in [2.45, 2.75) is 38.5 Å². The normalized spacial score (nSPS) is 25.0. The van der Waals surface area contributed by atoms with Gasteiger partial charge in [0.05, 0.1) is 19.8 Å². The van der Waals surface area contributed by atoms with Crippen molar-refractivity contribution in [3.8, 4) is 11.5 Å². The number of para-hydroxylation sites is 1. The van der Waals surface area contributed by atoms with Crippen LogP contribution in [0.4, 0.5) is 0 Å². The maximum Gasteiger partial charge on any atom is 0.165 e. The highest BCUT2D eigenvalue weighted by molar-refractivity contribution is 5.46. The van der Waals surface area contributed by atoms with E-state index in [9.17, 15) is 5.11 Å². The Balaban J connectivity index is 1.98. The van der Waals surface area contributed by atoms with E-state index in [0.717, 1.165) is 17.1 Å². The molecule has 2 unspecified atom stereocenters. The van der Waals surface area contributed by atoms with E-state index in [1.807, 2.05) is 32.0 Å². The van der Waals surface area contributed by atoms with Crippen molar-refractivity contribution >= 4 is 0 Å². The van der Waals surface area contributed by atoms with E-state index in [2.05, 4.69) is 5.32 Å². The number of hydrogen-bond acceptors (Lipinski definition) is 5. The molecule has 5 nitrogen and oxygen atoms in total. The molecular formula is C16H25NO4. The van der Waals surface area contributed by atoms with E-state index in [-0.39, 0.29) is 6.10 Å². The maximum atomic E-state index is 10.5. The average molecular weight is 295 g/mol. The zero-order chi connectivity index (χ0) is 15.3. The molecular weight excluding hydrogens is 270 g/mol. The molecule has 1 aromatic carbocycles. The Morgan fingerprint density at radius 1 is 1.48 bits per heavy atom. The predicted molar refractivity (Wildman–Crippen MR) is 80.9 cm³/mol. The Bertz CT molecular complexity index is 466. The Hall–Kier alpha value is -1.30. The van der Waals surface area contributed by atoms with Crippen LogP contribution in [0.5, 0.6) is 11.5 Å². The fourth-order valence-corrected chi connectivity index (χ4v) is 2.62. The first kappa shape index (κ1) is 16.1. The van der Waals surface area contributed by atoms with Gasteiger partial charge in [-0.05, 0) is 19.9 Å². The topological polar surface area (TPSA) is 60.0 Å². The Morgan fingerprint density at radius 3 is 2.90 bits per heavy atom. The smallest absolute Gasteiger partial charge is 0.165 e. The summed E-state index contributed by atoms with van der Waals surface area (Å²) in [6, 6.07) is 5.83. The standard InChI is InChI=1S/C16H25NO4/c1-4-20-14-7-5-6-13(15(14)19-3)10-17-11-16(18)8-9-21-12(16)2/h5-7,12,17-18H,4,8-11H2,1-3H3. The van der Waals surface area contributed by atoms with Gasteiger partial charge in [0.25, 0.3) is 0 Å². The van der Waals surface area contributed by atoms with Gasteiger partial charge in [-0.25, -0.2) is 0 Å². The number of rotatable bonds is 7. The molecule has 1 fully saturated rings. The van der Waals surface area contributed by atoms with Crippen LogP contribution in [0.1, 0.15) is 25.8 Å². The first-order valence-electron chi connectivity index (χ1n) is 7.44. The van der Waals surface area contributed by atoms with Gasteiger partial charge in [0.2, 0.25) is 0 Å². The van der Waals surface area contributed by atoms with E-state index >= 15 is 0 Å². The second-order valence-corrected chi connectivity index (χ2v) is 5.35. The zero-order valence-electron chi connectivity index (χ0n) is 13.0. The van der Waals surface area contributed by atoms with Gasteiger partial charge < -0.3 is 24.6 Å². The Morgan fingerprint density at radius 2 is 2.29 bits per heavy atom. The van der Waals surface area contributed by atoms with E-state index < -0.39 is 5.60 Å². The molecule has 5 heteroatoms.